The van der Waals surface area contributed by atoms with Crippen LogP contribution in [0.15, 0.2) is 0 Å². The zero-order valence-corrected chi connectivity index (χ0v) is 10.3. The van der Waals surface area contributed by atoms with Crippen LogP contribution in [0, 0.1) is 5.41 Å². The van der Waals surface area contributed by atoms with Gasteiger partial charge in [0.25, 0.3) is 0 Å². The predicted molar refractivity (Wildman–Crippen MR) is 62.6 cm³/mol. The summed E-state index contributed by atoms with van der Waals surface area (Å²) in [6.45, 7) is 10.7. The fraction of sp³-hybridized carbons (Fsp3) is 1.00. The standard InChI is InChI=1S/C12H26N2/c1-5-9-14(4)10-6-11-12(2,3)7-8-13-11/h11,13H,5-10H2,1-4H3. The van der Waals surface area contributed by atoms with Crippen LogP contribution in [0.4, 0.5) is 0 Å². The molecule has 2 nitrogen and oxygen atoms in total. The van der Waals surface area contributed by atoms with Gasteiger partial charge in [-0.2, -0.15) is 0 Å². The molecule has 14 heavy (non-hydrogen) atoms. The average Bonchev–Trinajstić information content (AvgIpc) is 2.42. The Kier molecular flexibility index (Phi) is 4.39. The molecule has 0 aliphatic carbocycles. The van der Waals surface area contributed by atoms with Gasteiger partial charge in [-0.25, -0.2) is 0 Å². The van der Waals surface area contributed by atoms with Crippen molar-refractivity contribution in [3.05, 3.63) is 0 Å². The van der Waals surface area contributed by atoms with E-state index in [9.17, 15) is 0 Å². The molecule has 1 atom stereocenters. The van der Waals surface area contributed by atoms with Crippen molar-refractivity contribution >= 4 is 0 Å². The Hall–Kier alpha value is -0.0800. The van der Waals surface area contributed by atoms with Gasteiger partial charge in [0.1, 0.15) is 0 Å². The summed E-state index contributed by atoms with van der Waals surface area (Å²) in [4.78, 5) is 2.44. The van der Waals surface area contributed by atoms with Crippen LogP contribution in [0.2, 0.25) is 0 Å². The average molecular weight is 198 g/mol. The van der Waals surface area contributed by atoms with Crippen LogP contribution in [0.3, 0.4) is 0 Å². The molecular weight excluding hydrogens is 172 g/mol. The summed E-state index contributed by atoms with van der Waals surface area (Å²) in [5, 5.41) is 3.62. The van der Waals surface area contributed by atoms with E-state index in [0.29, 0.717) is 5.41 Å². The highest BCUT2D eigenvalue weighted by molar-refractivity contribution is 4.90. The van der Waals surface area contributed by atoms with Gasteiger partial charge in [-0.3, -0.25) is 0 Å². The molecule has 1 N–H and O–H groups in total. The Morgan fingerprint density at radius 3 is 2.57 bits per heavy atom. The van der Waals surface area contributed by atoms with Gasteiger partial charge >= 0.3 is 0 Å². The smallest absolute Gasteiger partial charge is 0.0131 e. The lowest BCUT2D eigenvalue weighted by Crippen LogP contribution is -2.36. The molecule has 1 unspecified atom stereocenters. The van der Waals surface area contributed by atoms with Gasteiger partial charge in [-0.15, -0.1) is 0 Å². The van der Waals surface area contributed by atoms with E-state index in [1.54, 1.807) is 0 Å². The van der Waals surface area contributed by atoms with Gasteiger partial charge < -0.3 is 10.2 Å². The summed E-state index contributed by atoms with van der Waals surface area (Å²) in [6, 6.07) is 0.724. The van der Waals surface area contributed by atoms with E-state index in [2.05, 4.69) is 38.0 Å². The maximum absolute atomic E-state index is 3.62. The molecule has 84 valence electrons. The van der Waals surface area contributed by atoms with E-state index in [1.165, 1.54) is 38.9 Å². The van der Waals surface area contributed by atoms with Gasteiger partial charge in [0.15, 0.2) is 0 Å². The molecule has 2 heteroatoms. The topological polar surface area (TPSA) is 15.3 Å². The van der Waals surface area contributed by atoms with Gasteiger partial charge in [0, 0.05) is 6.04 Å². The molecule has 1 aliphatic heterocycles. The highest BCUT2D eigenvalue weighted by Gasteiger charge is 2.33. The first-order valence-corrected chi connectivity index (χ1v) is 5.98. The minimum absolute atomic E-state index is 0.507. The molecule has 0 bridgehead atoms. The molecule has 0 aromatic heterocycles. The Morgan fingerprint density at radius 1 is 1.36 bits per heavy atom. The van der Waals surface area contributed by atoms with E-state index in [-0.39, 0.29) is 0 Å². The third-order valence-electron chi connectivity index (χ3n) is 3.51. The SMILES string of the molecule is CCCN(C)CCC1NCCC1(C)C. The molecule has 0 amide bonds. The lowest BCUT2D eigenvalue weighted by molar-refractivity contribution is 0.252. The van der Waals surface area contributed by atoms with E-state index in [1.807, 2.05) is 0 Å². The third-order valence-corrected chi connectivity index (χ3v) is 3.51. The van der Waals surface area contributed by atoms with E-state index >= 15 is 0 Å². The molecule has 1 fully saturated rings. The highest BCUT2D eigenvalue weighted by Crippen LogP contribution is 2.31. The fourth-order valence-electron chi connectivity index (χ4n) is 2.35. The van der Waals surface area contributed by atoms with Crippen molar-refractivity contribution < 1.29 is 0 Å². The maximum Gasteiger partial charge on any atom is 0.0131 e. The van der Waals surface area contributed by atoms with Crippen LogP contribution < -0.4 is 5.32 Å². The molecule has 1 rings (SSSR count). The first-order chi connectivity index (χ1) is 6.56. The van der Waals surface area contributed by atoms with E-state index in [4.69, 9.17) is 0 Å². The number of hydrogen-bond donors (Lipinski definition) is 1. The van der Waals surface area contributed by atoms with Gasteiger partial charge in [-0.05, 0) is 51.4 Å². The first kappa shape index (κ1) is 12.0. The number of hydrogen-bond acceptors (Lipinski definition) is 2. The quantitative estimate of drug-likeness (QED) is 0.728. The normalized spacial score (nSPS) is 25.9. The molecule has 0 aromatic rings. The minimum Gasteiger partial charge on any atom is -0.313 e. The molecule has 1 heterocycles. The van der Waals surface area contributed by atoms with Gasteiger partial charge in [0.05, 0.1) is 0 Å². The summed E-state index contributed by atoms with van der Waals surface area (Å²) in [7, 11) is 2.23. The van der Waals surface area contributed by atoms with Crippen molar-refractivity contribution in [2.45, 2.75) is 46.1 Å². The summed E-state index contributed by atoms with van der Waals surface area (Å²) >= 11 is 0. The van der Waals surface area contributed by atoms with Gasteiger partial charge in [-0.1, -0.05) is 20.8 Å². The number of rotatable bonds is 5. The predicted octanol–water partition coefficient (Wildman–Crippen LogP) is 2.11. The molecule has 0 radical (unpaired) electrons. The molecular formula is C12H26N2. The molecule has 0 spiro atoms. The van der Waals surface area contributed by atoms with Crippen LogP contribution in [-0.4, -0.2) is 37.6 Å². The summed E-state index contributed by atoms with van der Waals surface area (Å²) < 4.78 is 0. The number of nitrogens with zero attached hydrogens (tertiary/aromatic N) is 1. The molecule has 1 aliphatic rings. The van der Waals surface area contributed by atoms with Crippen LogP contribution in [-0.2, 0) is 0 Å². The van der Waals surface area contributed by atoms with Crippen LogP contribution in [0.5, 0.6) is 0 Å². The van der Waals surface area contributed by atoms with E-state index in [0.717, 1.165) is 6.04 Å². The van der Waals surface area contributed by atoms with Crippen molar-refractivity contribution in [3.8, 4) is 0 Å². The number of nitrogens with one attached hydrogen (secondary N) is 1. The second-order valence-corrected chi connectivity index (χ2v) is 5.34. The monoisotopic (exact) mass is 198 g/mol. The summed E-state index contributed by atoms with van der Waals surface area (Å²) in [6.07, 6.45) is 3.89. The van der Waals surface area contributed by atoms with Crippen molar-refractivity contribution in [3.63, 3.8) is 0 Å². The minimum atomic E-state index is 0.507. The van der Waals surface area contributed by atoms with Crippen molar-refractivity contribution in [1.82, 2.24) is 10.2 Å². The van der Waals surface area contributed by atoms with Gasteiger partial charge in [0.2, 0.25) is 0 Å². The van der Waals surface area contributed by atoms with Crippen molar-refractivity contribution in [2.24, 2.45) is 5.41 Å². The fourth-order valence-corrected chi connectivity index (χ4v) is 2.35. The molecule has 0 saturated carbocycles. The van der Waals surface area contributed by atoms with E-state index < -0.39 is 0 Å². The first-order valence-electron chi connectivity index (χ1n) is 5.98. The maximum atomic E-state index is 3.62. The largest absolute Gasteiger partial charge is 0.313 e. The Bertz CT molecular complexity index is 166. The molecule has 1 saturated heterocycles. The van der Waals surface area contributed by atoms with Crippen LogP contribution in [0.25, 0.3) is 0 Å². The summed E-state index contributed by atoms with van der Waals surface area (Å²) in [5.41, 5.74) is 0.507. The molecule has 0 aromatic carbocycles. The van der Waals surface area contributed by atoms with Crippen molar-refractivity contribution in [2.75, 3.05) is 26.7 Å². The highest BCUT2D eigenvalue weighted by atomic mass is 15.1. The van der Waals surface area contributed by atoms with Crippen LogP contribution in [0.1, 0.15) is 40.0 Å². The third kappa shape index (κ3) is 3.25. The van der Waals surface area contributed by atoms with Crippen molar-refractivity contribution in [1.29, 1.82) is 0 Å². The zero-order valence-electron chi connectivity index (χ0n) is 10.3. The Morgan fingerprint density at radius 2 is 2.07 bits per heavy atom. The lowest BCUT2D eigenvalue weighted by atomic mass is 9.83. The second kappa shape index (κ2) is 5.13. The Labute approximate surface area is 89.1 Å². The summed E-state index contributed by atoms with van der Waals surface area (Å²) in [5.74, 6) is 0. The lowest BCUT2D eigenvalue weighted by Gasteiger charge is -2.28. The van der Waals surface area contributed by atoms with Crippen LogP contribution >= 0.6 is 0 Å². The zero-order chi connectivity index (χ0) is 10.6. The second-order valence-electron chi connectivity index (χ2n) is 5.34. The Balaban J connectivity index is 2.24.